The molecule has 0 aliphatic carbocycles. The second-order valence-corrected chi connectivity index (χ2v) is 5.10. The van der Waals surface area contributed by atoms with Gasteiger partial charge in [-0.05, 0) is 36.9 Å². The van der Waals surface area contributed by atoms with E-state index in [1.54, 1.807) is 12.1 Å². The van der Waals surface area contributed by atoms with Gasteiger partial charge >= 0.3 is 0 Å². The predicted octanol–water partition coefficient (Wildman–Crippen LogP) is 3.02. The molecule has 0 amide bonds. The molecule has 0 aliphatic heterocycles. The Morgan fingerprint density at radius 1 is 1.22 bits per heavy atom. The van der Waals surface area contributed by atoms with Crippen LogP contribution in [0.3, 0.4) is 0 Å². The molecule has 0 fully saturated rings. The maximum atomic E-state index is 10.5. The van der Waals surface area contributed by atoms with E-state index in [9.17, 15) is 10.1 Å². The first-order valence-corrected chi connectivity index (χ1v) is 6.44. The fraction of sp³-hybridized carbons (Fsp3) is 0.571. The molecule has 1 aromatic rings. The monoisotopic (exact) mass is 250 g/mol. The summed E-state index contributed by atoms with van der Waals surface area (Å²) < 4.78 is 0. The molecule has 1 N–H and O–H groups in total. The molecule has 1 unspecified atom stereocenters. The number of rotatable bonds is 7. The number of hydrogen-bond donors (Lipinski definition) is 1. The highest BCUT2D eigenvalue weighted by Crippen LogP contribution is 2.12. The van der Waals surface area contributed by atoms with Crippen LogP contribution in [0.1, 0.15) is 26.3 Å². The van der Waals surface area contributed by atoms with Gasteiger partial charge in [0.05, 0.1) is 4.92 Å². The van der Waals surface area contributed by atoms with E-state index in [0.29, 0.717) is 11.8 Å². The Bertz CT molecular complexity index is 374. The smallest absolute Gasteiger partial charge is 0.269 e. The van der Waals surface area contributed by atoms with E-state index < -0.39 is 0 Å². The van der Waals surface area contributed by atoms with Gasteiger partial charge in [-0.2, -0.15) is 0 Å². The van der Waals surface area contributed by atoms with Gasteiger partial charge in [0.25, 0.3) is 5.69 Å². The van der Waals surface area contributed by atoms with E-state index in [1.807, 2.05) is 12.1 Å². The van der Waals surface area contributed by atoms with Crippen molar-refractivity contribution in [2.45, 2.75) is 27.2 Å². The number of nitro groups is 1. The largest absolute Gasteiger partial charge is 0.316 e. The Hall–Kier alpha value is -1.42. The van der Waals surface area contributed by atoms with Crippen LogP contribution in [0, 0.1) is 22.0 Å². The minimum absolute atomic E-state index is 0.153. The summed E-state index contributed by atoms with van der Waals surface area (Å²) in [6, 6.07) is 6.77. The molecule has 100 valence electrons. The molecule has 0 saturated carbocycles. The van der Waals surface area contributed by atoms with Gasteiger partial charge in [-0.15, -0.1) is 0 Å². The molecule has 1 aromatic carbocycles. The highest BCUT2D eigenvalue weighted by molar-refractivity contribution is 5.32. The van der Waals surface area contributed by atoms with Crippen LogP contribution in [0.5, 0.6) is 0 Å². The zero-order chi connectivity index (χ0) is 13.5. The summed E-state index contributed by atoms with van der Waals surface area (Å²) in [5.74, 6) is 1.36. The lowest BCUT2D eigenvalue weighted by atomic mass is 9.98. The third-order valence-corrected chi connectivity index (χ3v) is 3.34. The Balaban J connectivity index is 2.29. The van der Waals surface area contributed by atoms with Crippen molar-refractivity contribution in [1.29, 1.82) is 0 Å². The molecule has 4 nitrogen and oxygen atoms in total. The van der Waals surface area contributed by atoms with Crippen LogP contribution >= 0.6 is 0 Å². The number of non-ortho nitro benzene ring substituents is 1. The second-order valence-electron chi connectivity index (χ2n) is 5.10. The first kappa shape index (κ1) is 14.6. The number of hydrogen-bond acceptors (Lipinski definition) is 3. The van der Waals surface area contributed by atoms with Gasteiger partial charge in [0, 0.05) is 12.1 Å². The summed E-state index contributed by atoms with van der Waals surface area (Å²) in [5, 5.41) is 13.9. The Labute approximate surface area is 109 Å². The molecule has 18 heavy (non-hydrogen) atoms. The van der Waals surface area contributed by atoms with E-state index in [0.717, 1.165) is 25.1 Å². The zero-order valence-corrected chi connectivity index (χ0v) is 11.3. The van der Waals surface area contributed by atoms with Crippen LogP contribution in [-0.2, 0) is 6.42 Å². The number of nitro benzene ring substituents is 1. The highest BCUT2D eigenvalue weighted by atomic mass is 16.6. The topological polar surface area (TPSA) is 55.2 Å². The molecule has 0 aliphatic rings. The average Bonchev–Trinajstić information content (AvgIpc) is 2.34. The fourth-order valence-electron chi connectivity index (χ4n) is 1.58. The molecule has 1 rings (SSSR count). The SMILES string of the molecule is CC(C)C(C)CNCCc1ccc([N+](=O)[O-])cc1. The van der Waals surface area contributed by atoms with Gasteiger partial charge in [0.1, 0.15) is 0 Å². The van der Waals surface area contributed by atoms with Gasteiger partial charge in [-0.25, -0.2) is 0 Å². The Kier molecular flexibility index (Phi) is 5.78. The lowest BCUT2D eigenvalue weighted by Crippen LogP contribution is -2.26. The van der Waals surface area contributed by atoms with Gasteiger partial charge in [0.2, 0.25) is 0 Å². The molecule has 0 saturated heterocycles. The van der Waals surface area contributed by atoms with E-state index in [4.69, 9.17) is 0 Å². The van der Waals surface area contributed by atoms with Crippen LogP contribution in [-0.4, -0.2) is 18.0 Å². The molecule has 0 radical (unpaired) electrons. The van der Waals surface area contributed by atoms with Gasteiger partial charge in [0.15, 0.2) is 0 Å². The first-order valence-electron chi connectivity index (χ1n) is 6.44. The number of nitrogens with one attached hydrogen (secondary N) is 1. The maximum Gasteiger partial charge on any atom is 0.269 e. The summed E-state index contributed by atoms with van der Waals surface area (Å²) in [6.07, 6.45) is 0.906. The summed E-state index contributed by atoms with van der Waals surface area (Å²) in [7, 11) is 0. The van der Waals surface area contributed by atoms with Crippen molar-refractivity contribution < 1.29 is 4.92 Å². The average molecular weight is 250 g/mol. The minimum atomic E-state index is -0.369. The summed E-state index contributed by atoms with van der Waals surface area (Å²) in [6.45, 7) is 8.62. The van der Waals surface area contributed by atoms with Crippen LogP contribution in [0.25, 0.3) is 0 Å². The van der Waals surface area contributed by atoms with Crippen molar-refractivity contribution in [1.82, 2.24) is 5.32 Å². The van der Waals surface area contributed by atoms with Crippen LogP contribution in [0.4, 0.5) is 5.69 Å². The lowest BCUT2D eigenvalue weighted by molar-refractivity contribution is -0.384. The quantitative estimate of drug-likeness (QED) is 0.460. The van der Waals surface area contributed by atoms with Crippen LogP contribution < -0.4 is 5.32 Å². The minimum Gasteiger partial charge on any atom is -0.316 e. The van der Waals surface area contributed by atoms with Crippen molar-refractivity contribution in [2.24, 2.45) is 11.8 Å². The van der Waals surface area contributed by atoms with E-state index in [2.05, 4.69) is 26.1 Å². The lowest BCUT2D eigenvalue weighted by Gasteiger charge is -2.15. The maximum absolute atomic E-state index is 10.5. The Morgan fingerprint density at radius 3 is 2.33 bits per heavy atom. The molecule has 4 heteroatoms. The van der Waals surface area contributed by atoms with Crippen molar-refractivity contribution in [3.05, 3.63) is 39.9 Å². The van der Waals surface area contributed by atoms with Gasteiger partial charge in [-0.1, -0.05) is 32.9 Å². The van der Waals surface area contributed by atoms with Crippen LogP contribution in [0.2, 0.25) is 0 Å². The van der Waals surface area contributed by atoms with Crippen molar-refractivity contribution in [2.75, 3.05) is 13.1 Å². The molecule has 0 heterocycles. The molecule has 0 bridgehead atoms. The van der Waals surface area contributed by atoms with E-state index >= 15 is 0 Å². The predicted molar refractivity (Wildman–Crippen MR) is 73.7 cm³/mol. The Morgan fingerprint density at radius 2 is 1.83 bits per heavy atom. The molecular weight excluding hydrogens is 228 g/mol. The second kappa shape index (κ2) is 7.11. The summed E-state index contributed by atoms with van der Waals surface area (Å²) in [5.41, 5.74) is 1.28. The van der Waals surface area contributed by atoms with Gasteiger partial charge in [-0.3, -0.25) is 10.1 Å². The van der Waals surface area contributed by atoms with Crippen molar-refractivity contribution in [3.63, 3.8) is 0 Å². The molecule has 0 aromatic heterocycles. The van der Waals surface area contributed by atoms with Crippen molar-refractivity contribution >= 4 is 5.69 Å². The molecule has 1 atom stereocenters. The summed E-state index contributed by atoms with van der Waals surface area (Å²) >= 11 is 0. The van der Waals surface area contributed by atoms with E-state index in [-0.39, 0.29) is 10.6 Å². The standard InChI is InChI=1S/C14H22N2O2/c1-11(2)12(3)10-15-9-8-13-4-6-14(7-5-13)16(17)18/h4-7,11-12,15H,8-10H2,1-3H3. The fourth-order valence-corrected chi connectivity index (χ4v) is 1.58. The zero-order valence-electron chi connectivity index (χ0n) is 11.3. The van der Waals surface area contributed by atoms with E-state index in [1.165, 1.54) is 0 Å². The summed E-state index contributed by atoms with van der Waals surface area (Å²) in [4.78, 5) is 10.1. The third kappa shape index (κ3) is 4.84. The number of benzene rings is 1. The first-order chi connectivity index (χ1) is 8.50. The van der Waals surface area contributed by atoms with Crippen LogP contribution in [0.15, 0.2) is 24.3 Å². The van der Waals surface area contributed by atoms with Gasteiger partial charge < -0.3 is 5.32 Å². The highest BCUT2D eigenvalue weighted by Gasteiger charge is 2.06. The molecule has 0 spiro atoms. The normalized spacial score (nSPS) is 12.7. The number of nitrogens with zero attached hydrogens (tertiary/aromatic N) is 1. The van der Waals surface area contributed by atoms with Crippen molar-refractivity contribution in [3.8, 4) is 0 Å². The third-order valence-electron chi connectivity index (χ3n) is 3.34. The molecular formula is C14H22N2O2.